The number of pyridine rings is 1. The van der Waals surface area contributed by atoms with Crippen molar-refractivity contribution >= 4 is 17.7 Å². The van der Waals surface area contributed by atoms with E-state index < -0.39 is 6.09 Å². The van der Waals surface area contributed by atoms with E-state index in [0.29, 0.717) is 18.2 Å². The molecule has 27 heavy (non-hydrogen) atoms. The molecule has 0 aliphatic rings. The first-order valence-electron chi connectivity index (χ1n) is 8.05. The van der Waals surface area contributed by atoms with E-state index in [1.807, 2.05) is 30.3 Å². The van der Waals surface area contributed by atoms with Crippen molar-refractivity contribution in [3.05, 3.63) is 59.9 Å². The number of benzene rings is 1. The number of nitrogens with one attached hydrogen (secondary N) is 1. The highest BCUT2D eigenvalue weighted by Gasteiger charge is 2.14. The number of carbonyl (C=O) groups is 1. The van der Waals surface area contributed by atoms with Gasteiger partial charge in [-0.05, 0) is 18.2 Å². The standard InChI is InChI=1S/C18H17ClN4O4/c1-25-16-8-7-13(12-21-16)23-17(11-15(19)22-23)27-18(24)20-9-10-26-14-5-3-2-4-6-14/h2-8,11-12H,9-10H2,1H3,(H,20,24). The van der Waals surface area contributed by atoms with Gasteiger partial charge < -0.3 is 19.5 Å². The summed E-state index contributed by atoms with van der Waals surface area (Å²) in [4.78, 5) is 16.1. The van der Waals surface area contributed by atoms with Gasteiger partial charge in [-0.15, -0.1) is 0 Å². The summed E-state index contributed by atoms with van der Waals surface area (Å²) in [7, 11) is 1.52. The number of para-hydroxylation sites is 1. The number of halogens is 1. The molecule has 8 nitrogen and oxygen atoms in total. The van der Waals surface area contributed by atoms with Gasteiger partial charge in [0, 0.05) is 12.1 Å². The molecule has 1 amide bonds. The molecule has 0 spiro atoms. The first-order valence-corrected chi connectivity index (χ1v) is 8.43. The summed E-state index contributed by atoms with van der Waals surface area (Å²) >= 11 is 5.94. The lowest BCUT2D eigenvalue weighted by Gasteiger charge is -2.10. The molecule has 0 aliphatic carbocycles. The van der Waals surface area contributed by atoms with Gasteiger partial charge in [0.2, 0.25) is 11.8 Å². The van der Waals surface area contributed by atoms with E-state index in [1.165, 1.54) is 24.1 Å². The number of aromatic nitrogens is 3. The normalized spacial score (nSPS) is 10.3. The smallest absolute Gasteiger partial charge is 0.414 e. The highest BCUT2D eigenvalue weighted by molar-refractivity contribution is 6.29. The summed E-state index contributed by atoms with van der Waals surface area (Å²) in [6, 6.07) is 14.1. The van der Waals surface area contributed by atoms with Crippen LogP contribution in [0, 0.1) is 0 Å². The van der Waals surface area contributed by atoms with Crippen molar-refractivity contribution in [3.63, 3.8) is 0 Å². The van der Waals surface area contributed by atoms with E-state index in [2.05, 4.69) is 15.4 Å². The third-order valence-corrected chi connectivity index (χ3v) is 3.59. The zero-order valence-electron chi connectivity index (χ0n) is 14.5. The van der Waals surface area contributed by atoms with Gasteiger partial charge in [-0.3, -0.25) is 0 Å². The highest BCUT2D eigenvalue weighted by atomic mass is 35.5. The van der Waals surface area contributed by atoms with Crippen molar-refractivity contribution in [1.29, 1.82) is 0 Å². The molecule has 0 bridgehead atoms. The van der Waals surface area contributed by atoms with E-state index in [0.717, 1.165) is 5.75 Å². The minimum Gasteiger partial charge on any atom is -0.492 e. The molecule has 0 atom stereocenters. The fourth-order valence-electron chi connectivity index (χ4n) is 2.18. The van der Waals surface area contributed by atoms with Gasteiger partial charge in [0.05, 0.1) is 25.5 Å². The van der Waals surface area contributed by atoms with Crippen LogP contribution in [0.15, 0.2) is 54.7 Å². The van der Waals surface area contributed by atoms with Crippen molar-refractivity contribution in [2.75, 3.05) is 20.3 Å². The Morgan fingerprint density at radius 1 is 1.22 bits per heavy atom. The van der Waals surface area contributed by atoms with Crippen LogP contribution in [0.3, 0.4) is 0 Å². The van der Waals surface area contributed by atoms with Crippen molar-refractivity contribution in [2.45, 2.75) is 0 Å². The van der Waals surface area contributed by atoms with E-state index in [9.17, 15) is 4.79 Å². The molecule has 9 heteroatoms. The molecular weight excluding hydrogens is 372 g/mol. The average molecular weight is 389 g/mol. The lowest BCUT2D eigenvalue weighted by molar-refractivity contribution is 0.194. The summed E-state index contributed by atoms with van der Waals surface area (Å²) in [6.45, 7) is 0.585. The maximum atomic E-state index is 12.0. The summed E-state index contributed by atoms with van der Waals surface area (Å²) in [5.41, 5.74) is 0.568. The maximum Gasteiger partial charge on any atom is 0.414 e. The molecule has 3 aromatic rings. The number of nitrogens with zero attached hydrogens (tertiary/aromatic N) is 3. The van der Waals surface area contributed by atoms with Crippen LogP contribution in [0.5, 0.6) is 17.5 Å². The van der Waals surface area contributed by atoms with Gasteiger partial charge >= 0.3 is 6.09 Å². The lowest BCUT2D eigenvalue weighted by atomic mass is 10.3. The van der Waals surface area contributed by atoms with Gasteiger partial charge in [-0.25, -0.2) is 9.78 Å². The third kappa shape index (κ3) is 5.11. The van der Waals surface area contributed by atoms with E-state index in [-0.39, 0.29) is 17.6 Å². The zero-order valence-corrected chi connectivity index (χ0v) is 15.2. The number of ether oxygens (including phenoxy) is 3. The second-order valence-corrected chi connectivity index (χ2v) is 5.64. The fraction of sp³-hybridized carbons (Fsp3) is 0.167. The molecule has 3 rings (SSSR count). The van der Waals surface area contributed by atoms with Gasteiger partial charge in [0.1, 0.15) is 12.4 Å². The first-order chi connectivity index (χ1) is 13.2. The van der Waals surface area contributed by atoms with Crippen LogP contribution < -0.4 is 19.5 Å². The molecule has 0 fully saturated rings. The van der Waals surface area contributed by atoms with Crippen LogP contribution in [0.4, 0.5) is 4.79 Å². The Balaban J connectivity index is 1.56. The molecule has 0 aliphatic heterocycles. The number of methoxy groups -OCH3 is 1. The SMILES string of the molecule is COc1ccc(-n2nc(Cl)cc2OC(=O)NCCOc2ccccc2)cn1. The number of amides is 1. The lowest BCUT2D eigenvalue weighted by Crippen LogP contribution is -2.31. The molecule has 1 N–H and O–H groups in total. The number of rotatable bonds is 7. The van der Waals surface area contributed by atoms with Crippen LogP contribution >= 0.6 is 11.6 Å². The zero-order chi connectivity index (χ0) is 19.1. The van der Waals surface area contributed by atoms with Crippen molar-refractivity contribution in [1.82, 2.24) is 20.1 Å². The molecule has 0 saturated heterocycles. The molecule has 0 radical (unpaired) electrons. The predicted molar refractivity (Wildman–Crippen MR) is 98.9 cm³/mol. The molecule has 2 heterocycles. The van der Waals surface area contributed by atoms with E-state index in [4.69, 9.17) is 25.8 Å². The Bertz CT molecular complexity index is 884. The summed E-state index contributed by atoms with van der Waals surface area (Å²) < 4.78 is 17.2. The average Bonchev–Trinajstić information content (AvgIpc) is 3.06. The number of hydrogen-bond donors (Lipinski definition) is 1. The minimum absolute atomic E-state index is 0.161. The molecule has 140 valence electrons. The Labute approximate surface area is 160 Å². The molecule has 2 aromatic heterocycles. The number of carbonyl (C=O) groups excluding carboxylic acids is 1. The summed E-state index contributed by atoms with van der Waals surface area (Å²) in [6.07, 6.45) is 0.881. The fourth-order valence-corrected chi connectivity index (χ4v) is 2.35. The van der Waals surface area contributed by atoms with E-state index >= 15 is 0 Å². The second-order valence-electron chi connectivity index (χ2n) is 5.25. The van der Waals surface area contributed by atoms with Gasteiger partial charge in [-0.1, -0.05) is 29.8 Å². The van der Waals surface area contributed by atoms with Crippen LogP contribution in [0.25, 0.3) is 5.69 Å². The first kappa shape index (κ1) is 18.5. The quantitative estimate of drug-likeness (QED) is 0.626. The van der Waals surface area contributed by atoms with Gasteiger partial charge in [-0.2, -0.15) is 9.78 Å². The summed E-state index contributed by atoms with van der Waals surface area (Å²) in [5.74, 6) is 1.34. The molecule has 0 saturated carbocycles. The maximum absolute atomic E-state index is 12.0. The Kier molecular flexibility index (Phi) is 6.11. The molecular formula is C18H17ClN4O4. The predicted octanol–water partition coefficient (Wildman–Crippen LogP) is 3.10. The van der Waals surface area contributed by atoms with Crippen molar-refractivity contribution in [2.24, 2.45) is 0 Å². The Morgan fingerprint density at radius 2 is 2.04 bits per heavy atom. The third-order valence-electron chi connectivity index (χ3n) is 3.40. The van der Waals surface area contributed by atoms with Crippen LogP contribution in [0.1, 0.15) is 0 Å². The largest absolute Gasteiger partial charge is 0.492 e. The van der Waals surface area contributed by atoms with Crippen LogP contribution in [0.2, 0.25) is 5.15 Å². The van der Waals surface area contributed by atoms with Crippen molar-refractivity contribution in [3.8, 4) is 23.2 Å². The van der Waals surface area contributed by atoms with Crippen LogP contribution in [-0.4, -0.2) is 41.1 Å². The van der Waals surface area contributed by atoms with E-state index in [1.54, 1.807) is 12.1 Å². The molecule has 1 aromatic carbocycles. The van der Waals surface area contributed by atoms with Gasteiger partial charge in [0.15, 0.2) is 5.15 Å². The Morgan fingerprint density at radius 3 is 2.74 bits per heavy atom. The Hall–Kier alpha value is -3.26. The topological polar surface area (TPSA) is 87.5 Å². The number of hydrogen-bond acceptors (Lipinski definition) is 6. The van der Waals surface area contributed by atoms with Gasteiger partial charge in [0.25, 0.3) is 0 Å². The summed E-state index contributed by atoms with van der Waals surface area (Å²) in [5, 5.41) is 6.88. The minimum atomic E-state index is -0.647. The molecule has 0 unspecified atom stereocenters. The van der Waals surface area contributed by atoms with Crippen LogP contribution in [-0.2, 0) is 0 Å². The monoisotopic (exact) mass is 388 g/mol. The van der Waals surface area contributed by atoms with Crippen molar-refractivity contribution < 1.29 is 19.0 Å². The highest BCUT2D eigenvalue weighted by Crippen LogP contribution is 2.22. The second kappa shape index (κ2) is 8.91.